The van der Waals surface area contributed by atoms with Crippen LogP contribution in [0.5, 0.6) is 0 Å². The van der Waals surface area contributed by atoms with Crippen LogP contribution in [0.1, 0.15) is 45.4 Å². The molecule has 0 fully saturated rings. The maximum absolute atomic E-state index is 9.11. The molecule has 0 aliphatic carbocycles. The molecule has 0 saturated heterocycles. The van der Waals surface area contributed by atoms with E-state index in [1.54, 1.807) is 6.08 Å². The summed E-state index contributed by atoms with van der Waals surface area (Å²) in [6.07, 6.45) is 8.87. The molecule has 2 heteroatoms. The van der Waals surface area contributed by atoms with Gasteiger partial charge in [-0.3, -0.25) is 0 Å². The maximum atomic E-state index is 9.11. The van der Waals surface area contributed by atoms with Crippen molar-refractivity contribution >= 4 is 15.9 Å². The third-order valence-electron chi connectivity index (χ3n) is 1.90. The van der Waals surface area contributed by atoms with Crippen LogP contribution in [0.3, 0.4) is 0 Å². The van der Waals surface area contributed by atoms with Gasteiger partial charge in [0.1, 0.15) is 0 Å². The predicted molar refractivity (Wildman–Crippen MR) is 57.9 cm³/mol. The number of aliphatic hydroxyl groups is 1. The molecule has 0 aromatic carbocycles. The number of alkyl halides is 1. The number of halogens is 1. The fourth-order valence-electron chi connectivity index (χ4n) is 1.08. The molecule has 0 aromatic rings. The lowest BCUT2D eigenvalue weighted by Gasteiger charge is -1.99. The van der Waals surface area contributed by atoms with Crippen LogP contribution in [0, 0.1) is 0 Å². The van der Waals surface area contributed by atoms with E-state index in [0.29, 0.717) is 5.76 Å². The smallest absolute Gasteiger partial charge is 0.0880 e. The Hall–Kier alpha value is 0.0200. The molecule has 1 nitrogen and oxygen atoms in total. The molecule has 0 bridgehead atoms. The van der Waals surface area contributed by atoms with Gasteiger partial charge in [-0.05, 0) is 25.8 Å². The fraction of sp³-hybridized carbons (Fsp3) is 0.800. The molecular weight excluding hydrogens is 216 g/mol. The molecule has 0 atom stereocenters. The molecule has 0 unspecified atom stereocenters. The predicted octanol–water partition coefficient (Wildman–Crippen LogP) is 4.18. The third kappa shape index (κ3) is 8.12. The van der Waals surface area contributed by atoms with Gasteiger partial charge in [-0.2, -0.15) is 0 Å². The molecule has 72 valence electrons. The molecule has 0 aliphatic rings. The lowest BCUT2D eigenvalue weighted by Crippen LogP contribution is -1.83. The second kappa shape index (κ2) is 9.11. The van der Waals surface area contributed by atoms with Gasteiger partial charge in [0.15, 0.2) is 0 Å². The Bertz CT molecular complexity index is 121. The van der Waals surface area contributed by atoms with Crippen molar-refractivity contribution in [3.05, 3.63) is 11.8 Å². The number of hydrogen-bond donors (Lipinski definition) is 1. The van der Waals surface area contributed by atoms with Gasteiger partial charge in [0.2, 0.25) is 0 Å². The van der Waals surface area contributed by atoms with Crippen molar-refractivity contribution in [2.24, 2.45) is 0 Å². The van der Waals surface area contributed by atoms with E-state index in [9.17, 15) is 0 Å². The first-order valence-corrected chi connectivity index (χ1v) is 5.83. The Balaban J connectivity index is 3.00. The van der Waals surface area contributed by atoms with Gasteiger partial charge in [-0.1, -0.05) is 35.2 Å². The minimum atomic E-state index is 0.537. The van der Waals surface area contributed by atoms with Crippen molar-refractivity contribution < 1.29 is 5.11 Å². The number of allylic oxidation sites excluding steroid dienone is 2. The van der Waals surface area contributed by atoms with Crippen molar-refractivity contribution in [1.29, 1.82) is 0 Å². The van der Waals surface area contributed by atoms with Crippen LogP contribution in [0.4, 0.5) is 0 Å². The molecule has 0 spiro atoms. The average Bonchev–Trinajstić information content (AvgIpc) is 2.10. The first kappa shape index (κ1) is 12.0. The summed E-state index contributed by atoms with van der Waals surface area (Å²) in [5.74, 6) is 0.537. The molecule has 0 rings (SSSR count). The minimum Gasteiger partial charge on any atom is -0.513 e. The highest BCUT2D eigenvalue weighted by molar-refractivity contribution is 9.09. The summed E-state index contributed by atoms with van der Waals surface area (Å²) in [6.45, 7) is 1.88. The molecule has 0 aromatic heterocycles. The zero-order valence-electron chi connectivity index (χ0n) is 7.85. The number of unbranched alkanes of at least 4 members (excludes halogenated alkanes) is 4. The molecule has 0 aliphatic heterocycles. The lowest BCUT2D eigenvalue weighted by molar-refractivity contribution is 0.379. The number of hydrogen-bond acceptors (Lipinski definition) is 1. The van der Waals surface area contributed by atoms with Gasteiger partial charge in [0, 0.05) is 11.8 Å². The summed E-state index contributed by atoms with van der Waals surface area (Å²) in [4.78, 5) is 0. The molecule has 12 heavy (non-hydrogen) atoms. The Labute approximate surface area is 84.0 Å². The quantitative estimate of drug-likeness (QED) is 0.398. The average molecular weight is 235 g/mol. The van der Waals surface area contributed by atoms with Crippen LogP contribution >= 0.6 is 15.9 Å². The molecular formula is C10H19BrO. The Morgan fingerprint density at radius 1 is 1.17 bits per heavy atom. The second-order valence-electron chi connectivity index (χ2n) is 2.99. The zero-order chi connectivity index (χ0) is 9.23. The summed E-state index contributed by atoms with van der Waals surface area (Å²) < 4.78 is 0. The van der Waals surface area contributed by atoms with E-state index in [2.05, 4.69) is 15.9 Å². The number of aliphatic hydroxyl groups excluding tert-OH is 1. The highest BCUT2D eigenvalue weighted by Gasteiger charge is 1.92. The lowest BCUT2D eigenvalue weighted by atomic mass is 10.1. The number of rotatable bonds is 7. The van der Waals surface area contributed by atoms with Gasteiger partial charge in [0.25, 0.3) is 0 Å². The van der Waals surface area contributed by atoms with E-state index < -0.39 is 0 Å². The summed E-state index contributed by atoms with van der Waals surface area (Å²) in [7, 11) is 0. The van der Waals surface area contributed by atoms with E-state index in [1.807, 2.05) is 6.92 Å². The van der Waals surface area contributed by atoms with Gasteiger partial charge in [-0.15, -0.1) is 0 Å². The Kier molecular flexibility index (Phi) is 9.13. The van der Waals surface area contributed by atoms with Gasteiger partial charge >= 0.3 is 0 Å². The monoisotopic (exact) mass is 234 g/mol. The summed E-state index contributed by atoms with van der Waals surface area (Å²) >= 11 is 3.40. The van der Waals surface area contributed by atoms with Crippen molar-refractivity contribution in [3.63, 3.8) is 0 Å². The summed E-state index contributed by atoms with van der Waals surface area (Å²) in [5.41, 5.74) is 0. The third-order valence-corrected chi connectivity index (χ3v) is 2.46. The van der Waals surface area contributed by atoms with Gasteiger partial charge < -0.3 is 5.11 Å². The van der Waals surface area contributed by atoms with Gasteiger partial charge in [0.05, 0.1) is 5.76 Å². The topological polar surface area (TPSA) is 20.2 Å². The van der Waals surface area contributed by atoms with E-state index in [0.717, 1.165) is 18.2 Å². The molecule has 1 N–H and O–H groups in total. The minimum absolute atomic E-state index is 0.537. The highest BCUT2D eigenvalue weighted by atomic mass is 79.9. The van der Waals surface area contributed by atoms with Crippen molar-refractivity contribution in [3.8, 4) is 0 Å². The van der Waals surface area contributed by atoms with Crippen LogP contribution in [0.2, 0.25) is 0 Å². The van der Waals surface area contributed by atoms with Gasteiger partial charge in [-0.25, -0.2) is 0 Å². The molecule has 0 radical (unpaired) electrons. The maximum Gasteiger partial charge on any atom is 0.0880 e. The van der Waals surface area contributed by atoms with Crippen LogP contribution in [0.25, 0.3) is 0 Å². The van der Waals surface area contributed by atoms with E-state index in [-0.39, 0.29) is 0 Å². The molecule has 0 saturated carbocycles. The van der Waals surface area contributed by atoms with Crippen LogP contribution < -0.4 is 0 Å². The van der Waals surface area contributed by atoms with E-state index >= 15 is 0 Å². The molecule has 0 heterocycles. The van der Waals surface area contributed by atoms with E-state index in [4.69, 9.17) is 5.11 Å². The normalized spacial score (nSPS) is 12.0. The summed E-state index contributed by atoms with van der Waals surface area (Å²) in [5, 5.41) is 10.2. The Morgan fingerprint density at radius 2 is 1.75 bits per heavy atom. The van der Waals surface area contributed by atoms with Crippen LogP contribution in [-0.4, -0.2) is 10.4 Å². The second-order valence-corrected chi connectivity index (χ2v) is 3.78. The largest absolute Gasteiger partial charge is 0.513 e. The SMILES string of the molecule is CC=C(O)CCCCCCCBr. The first-order valence-electron chi connectivity index (χ1n) is 4.71. The fourth-order valence-corrected chi connectivity index (χ4v) is 1.47. The molecule has 0 amide bonds. The van der Waals surface area contributed by atoms with Crippen LogP contribution in [-0.2, 0) is 0 Å². The van der Waals surface area contributed by atoms with Crippen molar-refractivity contribution in [2.75, 3.05) is 5.33 Å². The Morgan fingerprint density at radius 3 is 2.33 bits per heavy atom. The standard InChI is InChI=1S/C10H19BrO/c1-2-10(12)8-6-4-3-5-7-9-11/h2,12H,3-9H2,1H3. The van der Waals surface area contributed by atoms with E-state index in [1.165, 1.54) is 25.7 Å². The first-order chi connectivity index (χ1) is 5.81. The van der Waals surface area contributed by atoms with Crippen LogP contribution in [0.15, 0.2) is 11.8 Å². The van der Waals surface area contributed by atoms with Crippen molar-refractivity contribution in [2.45, 2.75) is 45.4 Å². The van der Waals surface area contributed by atoms with Crippen molar-refractivity contribution in [1.82, 2.24) is 0 Å². The zero-order valence-corrected chi connectivity index (χ0v) is 9.44. The highest BCUT2D eigenvalue weighted by Crippen LogP contribution is 2.09. The summed E-state index contributed by atoms with van der Waals surface area (Å²) in [6, 6.07) is 0.